The van der Waals surface area contributed by atoms with Crippen molar-refractivity contribution in [1.82, 2.24) is 0 Å². The van der Waals surface area contributed by atoms with E-state index < -0.39 is 0 Å². The number of benzene rings is 4. The van der Waals surface area contributed by atoms with Gasteiger partial charge in [-0.05, 0) is 43.3 Å². The van der Waals surface area contributed by atoms with Gasteiger partial charge in [-0.2, -0.15) is 0 Å². The van der Waals surface area contributed by atoms with Crippen molar-refractivity contribution < 1.29 is 82.7 Å². The number of fused-ring (bicyclic) bond motifs is 2. The SMILES string of the molecule is C1=C[CH-]C(B2C3CCCC2CCC3)=C[CH-]1.CC(C)(C)c1cccc(C(C)(C)C)c1[O-].CC(C)(C)c1cccc(C(C)(C)C)c1[O-].CC(C)(C)c1cccc(C(C)(C)C)c1[O-].CC(C)(C)c1cccc(C(C)(C)C)c1[O-].[U+3].[U+3]. The van der Waals surface area contributed by atoms with Crippen molar-refractivity contribution in [3.63, 3.8) is 0 Å². The van der Waals surface area contributed by atoms with E-state index in [-0.39, 0.29) is 129 Å². The summed E-state index contributed by atoms with van der Waals surface area (Å²) in [5, 5.41) is 49.0. The Labute approximate surface area is 521 Å². The summed E-state index contributed by atoms with van der Waals surface area (Å²) in [5.41, 5.74) is 8.34. The smallest absolute Gasteiger partial charge is 0.872 e. The molecule has 4 aromatic rings. The van der Waals surface area contributed by atoms with Gasteiger partial charge in [0.05, 0.1) is 6.71 Å². The molecule has 2 bridgehead atoms. The van der Waals surface area contributed by atoms with E-state index in [0.29, 0.717) is 0 Å². The van der Waals surface area contributed by atoms with Crippen LogP contribution in [-0.4, -0.2) is 6.71 Å². The quantitative estimate of drug-likeness (QED) is 0.140. The zero-order valence-corrected chi connectivity index (χ0v) is 61.3. The van der Waals surface area contributed by atoms with Crippen molar-refractivity contribution in [3.05, 3.63) is 154 Å². The minimum atomic E-state index is -0.0711. The van der Waals surface area contributed by atoms with E-state index in [1.165, 1.54) is 38.5 Å². The summed E-state index contributed by atoms with van der Waals surface area (Å²) in [7, 11) is 0. The molecule has 7 heteroatoms. The third kappa shape index (κ3) is 21.1. The van der Waals surface area contributed by atoms with E-state index in [0.717, 1.165) is 62.9 Å². The van der Waals surface area contributed by atoms with Gasteiger partial charge in [0.2, 0.25) is 0 Å². The molecule has 3 aliphatic rings. The Morgan fingerprint density at radius 3 is 0.688 bits per heavy atom. The molecule has 0 saturated carbocycles. The summed E-state index contributed by atoms with van der Waals surface area (Å²) in [6, 6.07) is 23.5. The van der Waals surface area contributed by atoms with Gasteiger partial charge in [0.15, 0.2) is 0 Å². The van der Waals surface area contributed by atoms with Crippen LogP contribution in [-0.2, 0) is 43.3 Å². The van der Waals surface area contributed by atoms with Crippen molar-refractivity contribution in [3.8, 4) is 23.0 Å². The summed E-state index contributed by atoms with van der Waals surface area (Å²) in [6.07, 6.45) is 20.2. The van der Waals surface area contributed by atoms with Crippen molar-refractivity contribution in [1.29, 1.82) is 0 Å². The molecule has 4 nitrogen and oxygen atoms in total. The molecule has 0 N–H and O–H groups in total. The monoisotopic (exact) mass is 1490 g/mol. The van der Waals surface area contributed by atoms with Crippen LogP contribution in [0.4, 0.5) is 0 Å². The van der Waals surface area contributed by atoms with Gasteiger partial charge in [0, 0.05) is 0 Å². The fourth-order valence-corrected chi connectivity index (χ4v) is 10.8. The van der Waals surface area contributed by atoms with Crippen LogP contribution in [0.15, 0.2) is 96.5 Å². The van der Waals surface area contributed by atoms with Gasteiger partial charge in [-0.1, -0.05) is 334 Å². The fourth-order valence-electron chi connectivity index (χ4n) is 10.8. The number of para-hydroxylation sites is 4. The van der Waals surface area contributed by atoms with Crippen LogP contribution in [0.25, 0.3) is 0 Å². The summed E-state index contributed by atoms with van der Waals surface area (Å²) in [6.45, 7) is 50.8. The first-order chi connectivity index (χ1) is 34.0. The third-order valence-electron chi connectivity index (χ3n) is 15.0. The molecule has 2 radical (unpaired) electrons. The van der Waals surface area contributed by atoms with Gasteiger partial charge in [-0.15, -0.1) is 23.0 Å². The molecular formula is C70H103BO4U2. The van der Waals surface area contributed by atoms with Crippen molar-refractivity contribution in [2.45, 2.75) is 260 Å². The van der Waals surface area contributed by atoms with E-state index in [1.807, 2.05) is 72.8 Å². The predicted octanol–water partition coefficient (Wildman–Crippen LogP) is 17.5. The molecule has 2 heterocycles. The summed E-state index contributed by atoms with van der Waals surface area (Å²) in [4.78, 5) is 0. The van der Waals surface area contributed by atoms with Crippen LogP contribution in [0.5, 0.6) is 23.0 Å². The van der Waals surface area contributed by atoms with Crippen LogP contribution < -0.4 is 20.4 Å². The first-order valence-corrected chi connectivity index (χ1v) is 28.3. The molecule has 4 aromatic carbocycles. The number of allylic oxidation sites excluding steroid dienone is 4. The minimum Gasteiger partial charge on any atom is -0.872 e. The van der Waals surface area contributed by atoms with Crippen molar-refractivity contribution in [2.75, 3.05) is 0 Å². The van der Waals surface area contributed by atoms with Gasteiger partial charge in [0.1, 0.15) is 0 Å². The Balaban J connectivity index is 0.000000478. The second-order valence-electron chi connectivity index (χ2n) is 30.0. The minimum absolute atomic E-state index is 0. The maximum Gasteiger partial charge on any atom is 3.00 e. The van der Waals surface area contributed by atoms with Gasteiger partial charge in [0.25, 0.3) is 0 Å². The number of hydrogen-bond donors (Lipinski definition) is 0. The molecule has 2 saturated heterocycles. The second-order valence-corrected chi connectivity index (χ2v) is 30.0. The first kappa shape index (κ1) is 72.5. The molecule has 0 unspecified atom stereocenters. The average Bonchev–Trinajstić information content (AvgIpc) is 3.24. The summed E-state index contributed by atoms with van der Waals surface area (Å²) >= 11 is 0. The fraction of sp³-hybridized carbons (Fsp3) is 0.571. The average molecular weight is 1500 g/mol. The van der Waals surface area contributed by atoms with Gasteiger partial charge in [-0.25, -0.2) is 0 Å². The van der Waals surface area contributed by atoms with Gasteiger partial charge < -0.3 is 20.4 Å². The molecule has 2 aliphatic heterocycles. The molecule has 0 amide bonds. The van der Waals surface area contributed by atoms with Crippen molar-refractivity contribution in [2.24, 2.45) is 0 Å². The van der Waals surface area contributed by atoms with E-state index in [4.69, 9.17) is 0 Å². The maximum absolute atomic E-state index is 12.3. The van der Waals surface area contributed by atoms with E-state index in [9.17, 15) is 20.4 Å². The molecule has 7 rings (SSSR count). The Morgan fingerprint density at radius 1 is 0.338 bits per heavy atom. The van der Waals surface area contributed by atoms with E-state index in [2.05, 4.69) is 197 Å². The Hall–Kier alpha value is -2.53. The van der Waals surface area contributed by atoms with Gasteiger partial charge >= 0.3 is 62.2 Å². The van der Waals surface area contributed by atoms with Crippen LogP contribution >= 0.6 is 0 Å². The molecule has 0 atom stereocenters. The summed E-state index contributed by atoms with van der Waals surface area (Å²) < 4.78 is 0. The largest absolute Gasteiger partial charge is 3.00 e. The van der Waals surface area contributed by atoms with Gasteiger partial charge in [-0.3, -0.25) is 36.5 Å². The topological polar surface area (TPSA) is 92.2 Å². The Bertz CT molecular complexity index is 2080. The molecule has 418 valence electrons. The zero-order chi connectivity index (χ0) is 57.5. The molecule has 1 aliphatic carbocycles. The van der Waals surface area contributed by atoms with E-state index >= 15 is 0 Å². The van der Waals surface area contributed by atoms with Crippen LogP contribution in [0.2, 0.25) is 11.6 Å². The molecule has 77 heavy (non-hydrogen) atoms. The van der Waals surface area contributed by atoms with Crippen LogP contribution in [0.3, 0.4) is 0 Å². The maximum atomic E-state index is 12.3. The predicted molar refractivity (Wildman–Crippen MR) is 320 cm³/mol. The Morgan fingerprint density at radius 2 is 0.532 bits per heavy atom. The normalized spacial score (nSPS) is 16.7. The number of rotatable bonds is 1. The van der Waals surface area contributed by atoms with Crippen molar-refractivity contribution >= 4 is 6.71 Å². The zero-order valence-electron chi connectivity index (χ0n) is 52.9. The molecule has 2 fully saturated rings. The van der Waals surface area contributed by atoms with Crippen LogP contribution in [0, 0.1) is 75.1 Å². The molecule has 0 aromatic heterocycles. The third-order valence-corrected chi connectivity index (χ3v) is 15.0. The Kier molecular flexibility index (Phi) is 26.8. The first-order valence-electron chi connectivity index (χ1n) is 28.3. The number of hydrogen-bond acceptors (Lipinski definition) is 4. The summed E-state index contributed by atoms with van der Waals surface area (Å²) in [5.74, 6) is 2.82. The van der Waals surface area contributed by atoms with E-state index in [1.54, 1.807) is 5.47 Å². The molecular weight excluding hydrogens is 1390 g/mol. The van der Waals surface area contributed by atoms with Crippen LogP contribution in [0.1, 0.15) is 249 Å². The standard InChI is InChI=1S/C14H19B.4C14H22O.2U/c1-2-6-12(7-3-1)15-13-8-4-9-14(15)11-5-10-13;4*1-13(2,3)10-8-7-9-11(12(10)15)14(4,5)6;;/h1-3,6-7,13-14H,4-5,8-11H2;4*7-9,15H,1-6H3;;/q-2;;;;;2*+3/p-4. The second kappa shape index (κ2) is 28.4. The molecule has 0 spiro atoms.